The number of esters is 1. The zero-order chi connectivity index (χ0) is 17.9. The summed E-state index contributed by atoms with van der Waals surface area (Å²) in [6.45, 7) is 7.71. The van der Waals surface area contributed by atoms with E-state index in [9.17, 15) is 13.2 Å². The average Bonchev–Trinajstić information content (AvgIpc) is 2.88. The Labute approximate surface area is 141 Å². The SMILES string of the molecule is CCn1ncc(S(=O)(=O)Nc2ccc(C(=O)OC(C)C)cc2)c1C. The molecular formula is C16H21N3O4S. The number of benzene rings is 1. The van der Waals surface area contributed by atoms with Crippen molar-refractivity contribution >= 4 is 21.7 Å². The summed E-state index contributed by atoms with van der Waals surface area (Å²) in [7, 11) is -3.73. The smallest absolute Gasteiger partial charge is 0.338 e. The van der Waals surface area contributed by atoms with E-state index in [0.29, 0.717) is 23.5 Å². The van der Waals surface area contributed by atoms with E-state index < -0.39 is 16.0 Å². The molecule has 1 aromatic carbocycles. The zero-order valence-corrected chi connectivity index (χ0v) is 14.9. The van der Waals surface area contributed by atoms with E-state index in [0.717, 1.165) is 0 Å². The Bertz CT molecular complexity index is 824. The Balaban J connectivity index is 2.18. The largest absolute Gasteiger partial charge is 0.459 e. The molecule has 2 rings (SSSR count). The number of hydrogen-bond acceptors (Lipinski definition) is 5. The molecule has 7 nitrogen and oxygen atoms in total. The Morgan fingerprint density at radius 2 is 1.92 bits per heavy atom. The van der Waals surface area contributed by atoms with Crippen molar-refractivity contribution < 1.29 is 17.9 Å². The predicted molar refractivity (Wildman–Crippen MR) is 90.4 cm³/mol. The second-order valence-electron chi connectivity index (χ2n) is 5.55. The van der Waals surface area contributed by atoms with E-state index in [4.69, 9.17) is 4.74 Å². The van der Waals surface area contributed by atoms with E-state index in [1.54, 1.807) is 25.5 Å². The molecule has 0 aliphatic rings. The zero-order valence-electron chi connectivity index (χ0n) is 14.1. The third-order valence-electron chi connectivity index (χ3n) is 3.36. The van der Waals surface area contributed by atoms with Crippen LogP contribution in [0, 0.1) is 6.92 Å². The van der Waals surface area contributed by atoms with Crippen LogP contribution in [0.25, 0.3) is 0 Å². The van der Waals surface area contributed by atoms with Crippen molar-refractivity contribution in [1.29, 1.82) is 0 Å². The molecule has 0 bridgehead atoms. The van der Waals surface area contributed by atoms with E-state index in [2.05, 4.69) is 9.82 Å². The monoisotopic (exact) mass is 351 g/mol. The van der Waals surface area contributed by atoms with Crippen molar-refractivity contribution in [3.63, 3.8) is 0 Å². The molecule has 130 valence electrons. The van der Waals surface area contributed by atoms with Gasteiger partial charge in [0.1, 0.15) is 4.90 Å². The van der Waals surface area contributed by atoms with Crippen molar-refractivity contribution in [2.75, 3.05) is 4.72 Å². The van der Waals surface area contributed by atoms with Crippen LogP contribution < -0.4 is 4.72 Å². The number of carbonyl (C=O) groups excluding carboxylic acids is 1. The molecule has 0 fully saturated rings. The number of nitrogens with zero attached hydrogens (tertiary/aromatic N) is 2. The van der Waals surface area contributed by atoms with Crippen LogP contribution in [0.3, 0.4) is 0 Å². The number of hydrogen-bond donors (Lipinski definition) is 1. The summed E-state index contributed by atoms with van der Waals surface area (Å²) in [6.07, 6.45) is 1.11. The third kappa shape index (κ3) is 3.94. The van der Waals surface area contributed by atoms with Crippen molar-refractivity contribution in [3.05, 3.63) is 41.7 Å². The molecule has 1 N–H and O–H groups in total. The normalized spacial score (nSPS) is 11.5. The topological polar surface area (TPSA) is 90.3 Å². The second-order valence-corrected chi connectivity index (χ2v) is 7.20. The standard InChI is InChI=1S/C16H21N3O4S/c1-5-19-12(4)15(10-17-19)24(21,22)18-14-8-6-13(7-9-14)16(20)23-11(2)3/h6-11,18H,5H2,1-4H3. The fourth-order valence-corrected chi connectivity index (χ4v) is 3.42. The van der Waals surface area contributed by atoms with Gasteiger partial charge in [0.05, 0.1) is 23.6 Å². The summed E-state index contributed by atoms with van der Waals surface area (Å²) >= 11 is 0. The number of carbonyl (C=O) groups is 1. The molecule has 0 radical (unpaired) electrons. The van der Waals surface area contributed by atoms with Crippen LogP contribution in [0.15, 0.2) is 35.4 Å². The lowest BCUT2D eigenvalue weighted by molar-refractivity contribution is 0.0378. The lowest BCUT2D eigenvalue weighted by atomic mass is 10.2. The molecule has 0 atom stereocenters. The lowest BCUT2D eigenvalue weighted by Crippen LogP contribution is -2.15. The van der Waals surface area contributed by atoms with Gasteiger partial charge in [0, 0.05) is 12.2 Å². The molecule has 0 saturated heterocycles. The Hall–Kier alpha value is -2.35. The van der Waals surface area contributed by atoms with Gasteiger partial charge in [-0.25, -0.2) is 13.2 Å². The second kappa shape index (κ2) is 7.04. The van der Waals surface area contributed by atoms with E-state index in [1.165, 1.54) is 30.5 Å². The molecule has 1 heterocycles. The van der Waals surface area contributed by atoms with Crippen LogP contribution in [0.1, 0.15) is 36.8 Å². The van der Waals surface area contributed by atoms with Gasteiger partial charge in [-0.15, -0.1) is 0 Å². The first kappa shape index (κ1) is 18.0. The summed E-state index contributed by atoms with van der Waals surface area (Å²) in [5.41, 5.74) is 1.29. The first-order valence-electron chi connectivity index (χ1n) is 7.61. The first-order chi connectivity index (χ1) is 11.2. The van der Waals surface area contributed by atoms with Gasteiger partial charge in [0.25, 0.3) is 10.0 Å². The highest BCUT2D eigenvalue weighted by Gasteiger charge is 2.20. The van der Waals surface area contributed by atoms with Gasteiger partial charge in [-0.2, -0.15) is 5.10 Å². The van der Waals surface area contributed by atoms with Crippen LogP contribution in [0.5, 0.6) is 0 Å². The molecule has 0 aliphatic carbocycles. The number of sulfonamides is 1. The van der Waals surface area contributed by atoms with E-state index >= 15 is 0 Å². The number of nitrogens with one attached hydrogen (secondary N) is 1. The lowest BCUT2D eigenvalue weighted by Gasteiger charge is -2.10. The number of rotatable bonds is 6. The van der Waals surface area contributed by atoms with Crippen LogP contribution >= 0.6 is 0 Å². The molecule has 0 aliphatic heterocycles. The van der Waals surface area contributed by atoms with Crippen molar-refractivity contribution in [1.82, 2.24) is 9.78 Å². The van der Waals surface area contributed by atoms with Crippen molar-refractivity contribution in [2.24, 2.45) is 0 Å². The van der Waals surface area contributed by atoms with Gasteiger partial charge in [0.15, 0.2) is 0 Å². The van der Waals surface area contributed by atoms with Gasteiger partial charge >= 0.3 is 5.97 Å². The van der Waals surface area contributed by atoms with Crippen molar-refractivity contribution in [3.8, 4) is 0 Å². The number of anilines is 1. The van der Waals surface area contributed by atoms with Gasteiger partial charge in [-0.3, -0.25) is 9.40 Å². The Kier molecular flexibility index (Phi) is 5.28. The maximum Gasteiger partial charge on any atom is 0.338 e. The molecular weight excluding hydrogens is 330 g/mol. The predicted octanol–water partition coefficient (Wildman–Crippen LogP) is 2.58. The molecule has 0 spiro atoms. The van der Waals surface area contributed by atoms with Crippen LogP contribution in [-0.2, 0) is 21.3 Å². The fraction of sp³-hybridized carbons (Fsp3) is 0.375. The van der Waals surface area contributed by atoms with Gasteiger partial charge in [-0.05, 0) is 52.0 Å². The van der Waals surface area contributed by atoms with Crippen LogP contribution in [0.2, 0.25) is 0 Å². The first-order valence-corrected chi connectivity index (χ1v) is 9.09. The molecule has 0 saturated carbocycles. The molecule has 1 aromatic heterocycles. The maximum absolute atomic E-state index is 12.5. The quantitative estimate of drug-likeness (QED) is 0.808. The summed E-state index contributed by atoms with van der Waals surface area (Å²) in [5.74, 6) is -0.445. The Morgan fingerprint density at radius 1 is 1.29 bits per heavy atom. The minimum absolute atomic E-state index is 0.132. The molecule has 0 amide bonds. The summed E-state index contributed by atoms with van der Waals surface area (Å²) in [5, 5.41) is 4.04. The maximum atomic E-state index is 12.5. The molecule has 24 heavy (non-hydrogen) atoms. The van der Waals surface area contributed by atoms with Crippen molar-refractivity contribution in [2.45, 2.75) is 45.2 Å². The highest BCUT2D eigenvalue weighted by molar-refractivity contribution is 7.92. The average molecular weight is 351 g/mol. The fourth-order valence-electron chi connectivity index (χ4n) is 2.18. The van der Waals surface area contributed by atoms with E-state index in [1.807, 2.05) is 6.92 Å². The molecule has 0 unspecified atom stereocenters. The molecule has 8 heteroatoms. The highest BCUT2D eigenvalue weighted by atomic mass is 32.2. The minimum Gasteiger partial charge on any atom is -0.459 e. The molecule has 2 aromatic rings. The number of aryl methyl sites for hydroxylation is 1. The van der Waals surface area contributed by atoms with Gasteiger partial charge in [0.2, 0.25) is 0 Å². The third-order valence-corrected chi connectivity index (χ3v) is 4.85. The van der Waals surface area contributed by atoms with E-state index in [-0.39, 0.29) is 11.0 Å². The minimum atomic E-state index is -3.73. The van der Waals surface area contributed by atoms with Gasteiger partial charge < -0.3 is 4.74 Å². The summed E-state index contributed by atoms with van der Waals surface area (Å²) in [4.78, 5) is 11.9. The van der Waals surface area contributed by atoms with Crippen LogP contribution in [-0.4, -0.2) is 30.3 Å². The summed E-state index contributed by atoms with van der Waals surface area (Å²) in [6, 6.07) is 6.08. The van der Waals surface area contributed by atoms with Gasteiger partial charge in [-0.1, -0.05) is 0 Å². The number of aromatic nitrogens is 2. The van der Waals surface area contributed by atoms with Crippen LogP contribution in [0.4, 0.5) is 5.69 Å². The Morgan fingerprint density at radius 3 is 2.42 bits per heavy atom. The number of ether oxygens (including phenoxy) is 1. The highest BCUT2D eigenvalue weighted by Crippen LogP contribution is 2.19. The summed E-state index contributed by atoms with van der Waals surface area (Å²) < 4.78 is 34.1.